The third kappa shape index (κ3) is 3.29. The van der Waals surface area contributed by atoms with Crippen LogP contribution >= 0.6 is 0 Å². The maximum Gasteiger partial charge on any atom is 0.141 e. The van der Waals surface area contributed by atoms with Crippen molar-refractivity contribution in [1.82, 2.24) is 10.3 Å². The SMILES string of the molecule is CC1CCC(NC(C)c2ccc(F)cn2)C(C)C1. The first kappa shape index (κ1) is 13.5. The Labute approximate surface area is 109 Å². The predicted octanol–water partition coefficient (Wildman–Crippen LogP) is 3.70. The van der Waals surface area contributed by atoms with Crippen LogP contribution < -0.4 is 5.32 Å². The average Bonchev–Trinajstić information content (AvgIpc) is 2.33. The molecule has 0 aromatic carbocycles. The summed E-state index contributed by atoms with van der Waals surface area (Å²) in [5, 5.41) is 3.64. The lowest BCUT2D eigenvalue weighted by atomic mass is 9.79. The molecule has 0 bridgehead atoms. The van der Waals surface area contributed by atoms with Crippen LogP contribution in [0, 0.1) is 17.7 Å². The fraction of sp³-hybridized carbons (Fsp3) is 0.667. The molecule has 1 aliphatic rings. The first-order valence-electron chi connectivity index (χ1n) is 6.93. The highest BCUT2D eigenvalue weighted by atomic mass is 19.1. The van der Waals surface area contributed by atoms with Gasteiger partial charge in [0.1, 0.15) is 5.82 Å². The van der Waals surface area contributed by atoms with Gasteiger partial charge in [-0.15, -0.1) is 0 Å². The fourth-order valence-electron chi connectivity index (χ4n) is 2.96. The Morgan fingerprint density at radius 1 is 1.33 bits per heavy atom. The van der Waals surface area contributed by atoms with Gasteiger partial charge in [-0.1, -0.05) is 13.8 Å². The fourth-order valence-corrected chi connectivity index (χ4v) is 2.96. The minimum atomic E-state index is -0.272. The Kier molecular flexibility index (Phi) is 4.33. The second-order valence-corrected chi connectivity index (χ2v) is 5.79. The van der Waals surface area contributed by atoms with E-state index in [1.54, 1.807) is 6.07 Å². The summed E-state index contributed by atoms with van der Waals surface area (Å²) in [6.45, 7) is 6.75. The van der Waals surface area contributed by atoms with Crippen LogP contribution in [0.3, 0.4) is 0 Å². The molecular weight excluding hydrogens is 227 g/mol. The van der Waals surface area contributed by atoms with E-state index in [0.29, 0.717) is 12.0 Å². The van der Waals surface area contributed by atoms with Crippen LogP contribution in [-0.4, -0.2) is 11.0 Å². The molecule has 0 aliphatic heterocycles. The van der Waals surface area contributed by atoms with Crippen molar-refractivity contribution in [1.29, 1.82) is 0 Å². The Morgan fingerprint density at radius 2 is 2.11 bits per heavy atom. The number of pyridine rings is 1. The summed E-state index contributed by atoms with van der Waals surface area (Å²) < 4.78 is 12.8. The zero-order valence-corrected chi connectivity index (χ0v) is 11.5. The van der Waals surface area contributed by atoms with Crippen LogP contribution in [-0.2, 0) is 0 Å². The predicted molar refractivity (Wildman–Crippen MR) is 71.7 cm³/mol. The topological polar surface area (TPSA) is 24.9 Å². The molecular formula is C15H23FN2. The highest BCUT2D eigenvalue weighted by molar-refractivity contribution is 5.09. The molecule has 3 heteroatoms. The van der Waals surface area contributed by atoms with E-state index in [2.05, 4.69) is 31.1 Å². The Balaban J connectivity index is 1.94. The summed E-state index contributed by atoms with van der Waals surface area (Å²) in [5.41, 5.74) is 0.919. The molecule has 0 amide bonds. The molecule has 100 valence electrons. The van der Waals surface area contributed by atoms with E-state index in [1.807, 2.05) is 0 Å². The lowest BCUT2D eigenvalue weighted by Crippen LogP contribution is -2.40. The number of hydrogen-bond acceptors (Lipinski definition) is 2. The molecule has 1 N–H and O–H groups in total. The van der Waals surface area contributed by atoms with Crippen molar-refractivity contribution in [3.05, 3.63) is 29.8 Å². The molecule has 0 spiro atoms. The van der Waals surface area contributed by atoms with Gasteiger partial charge in [-0.3, -0.25) is 4.98 Å². The third-order valence-corrected chi connectivity index (χ3v) is 4.09. The highest BCUT2D eigenvalue weighted by Crippen LogP contribution is 2.29. The number of nitrogens with one attached hydrogen (secondary N) is 1. The molecule has 1 fully saturated rings. The van der Waals surface area contributed by atoms with Gasteiger partial charge in [0.05, 0.1) is 11.9 Å². The van der Waals surface area contributed by atoms with E-state index in [4.69, 9.17) is 0 Å². The number of nitrogens with zero attached hydrogens (tertiary/aromatic N) is 1. The van der Waals surface area contributed by atoms with Crippen LogP contribution in [0.15, 0.2) is 18.3 Å². The van der Waals surface area contributed by atoms with Gasteiger partial charge in [-0.25, -0.2) is 4.39 Å². The first-order valence-corrected chi connectivity index (χ1v) is 6.93. The smallest absolute Gasteiger partial charge is 0.141 e. The largest absolute Gasteiger partial charge is 0.306 e. The molecule has 0 radical (unpaired) electrons. The van der Waals surface area contributed by atoms with Crippen LogP contribution in [0.1, 0.15) is 51.8 Å². The van der Waals surface area contributed by atoms with Gasteiger partial charge in [0.25, 0.3) is 0 Å². The Bertz CT molecular complexity index is 377. The van der Waals surface area contributed by atoms with Gasteiger partial charge >= 0.3 is 0 Å². The quantitative estimate of drug-likeness (QED) is 0.885. The third-order valence-electron chi connectivity index (χ3n) is 4.09. The molecule has 4 unspecified atom stereocenters. The molecule has 1 aromatic rings. The van der Waals surface area contributed by atoms with Crippen LogP contribution in [0.2, 0.25) is 0 Å². The maximum absolute atomic E-state index is 12.8. The van der Waals surface area contributed by atoms with Crippen molar-refractivity contribution in [3.63, 3.8) is 0 Å². The van der Waals surface area contributed by atoms with E-state index in [-0.39, 0.29) is 11.9 Å². The second kappa shape index (κ2) is 5.79. The average molecular weight is 250 g/mol. The van der Waals surface area contributed by atoms with E-state index in [9.17, 15) is 4.39 Å². The zero-order valence-electron chi connectivity index (χ0n) is 11.5. The second-order valence-electron chi connectivity index (χ2n) is 5.79. The van der Waals surface area contributed by atoms with E-state index in [1.165, 1.54) is 31.5 Å². The monoisotopic (exact) mass is 250 g/mol. The summed E-state index contributed by atoms with van der Waals surface area (Å²) >= 11 is 0. The maximum atomic E-state index is 12.8. The molecule has 2 rings (SSSR count). The van der Waals surface area contributed by atoms with Gasteiger partial charge in [0.2, 0.25) is 0 Å². The van der Waals surface area contributed by atoms with Crippen LogP contribution in [0.4, 0.5) is 4.39 Å². The molecule has 0 saturated heterocycles. The number of rotatable bonds is 3. The van der Waals surface area contributed by atoms with E-state index in [0.717, 1.165) is 11.6 Å². The number of aromatic nitrogens is 1. The normalized spacial score (nSPS) is 30.1. The highest BCUT2D eigenvalue weighted by Gasteiger charge is 2.26. The van der Waals surface area contributed by atoms with Gasteiger partial charge in [-0.2, -0.15) is 0 Å². The number of hydrogen-bond donors (Lipinski definition) is 1. The van der Waals surface area contributed by atoms with Crippen LogP contribution in [0.5, 0.6) is 0 Å². The van der Waals surface area contributed by atoms with Gasteiger partial charge in [0.15, 0.2) is 0 Å². The van der Waals surface area contributed by atoms with Crippen molar-refractivity contribution in [2.24, 2.45) is 11.8 Å². The molecule has 1 saturated carbocycles. The van der Waals surface area contributed by atoms with Crippen molar-refractivity contribution in [2.75, 3.05) is 0 Å². The van der Waals surface area contributed by atoms with Crippen molar-refractivity contribution in [2.45, 2.75) is 52.1 Å². The summed E-state index contributed by atoms with van der Waals surface area (Å²) in [4.78, 5) is 4.15. The minimum absolute atomic E-state index is 0.187. The van der Waals surface area contributed by atoms with Crippen molar-refractivity contribution in [3.8, 4) is 0 Å². The summed E-state index contributed by atoms with van der Waals surface area (Å²) in [6.07, 6.45) is 5.11. The van der Waals surface area contributed by atoms with Crippen molar-refractivity contribution >= 4 is 0 Å². The van der Waals surface area contributed by atoms with E-state index >= 15 is 0 Å². The Morgan fingerprint density at radius 3 is 2.72 bits per heavy atom. The minimum Gasteiger partial charge on any atom is -0.306 e. The lowest BCUT2D eigenvalue weighted by Gasteiger charge is -2.35. The number of halogens is 1. The standard InChI is InChI=1S/C15H23FN2/c1-10-4-6-14(11(2)8-10)18-12(3)15-7-5-13(16)9-17-15/h5,7,9-12,14,18H,4,6,8H2,1-3H3. The van der Waals surface area contributed by atoms with Gasteiger partial charge in [0, 0.05) is 12.1 Å². The summed E-state index contributed by atoms with van der Waals surface area (Å²) in [6, 6.07) is 3.99. The molecule has 1 heterocycles. The lowest BCUT2D eigenvalue weighted by molar-refractivity contribution is 0.215. The Hall–Kier alpha value is -0.960. The van der Waals surface area contributed by atoms with Gasteiger partial charge < -0.3 is 5.32 Å². The first-order chi connectivity index (χ1) is 8.56. The molecule has 18 heavy (non-hydrogen) atoms. The van der Waals surface area contributed by atoms with Crippen LogP contribution in [0.25, 0.3) is 0 Å². The summed E-state index contributed by atoms with van der Waals surface area (Å²) in [5.74, 6) is 1.28. The zero-order chi connectivity index (χ0) is 13.1. The molecule has 1 aromatic heterocycles. The van der Waals surface area contributed by atoms with Crippen molar-refractivity contribution < 1.29 is 4.39 Å². The summed E-state index contributed by atoms with van der Waals surface area (Å²) in [7, 11) is 0. The molecule has 1 aliphatic carbocycles. The van der Waals surface area contributed by atoms with Gasteiger partial charge in [-0.05, 0) is 50.2 Å². The van der Waals surface area contributed by atoms with E-state index < -0.39 is 0 Å². The molecule has 4 atom stereocenters. The molecule has 2 nitrogen and oxygen atoms in total.